The molecular weight excluding hydrogens is 260 g/mol. The number of phenols is 3. The number of hydrogen-bond donors (Lipinski definition) is 4. The average molecular weight is 280 g/mol. The number of benzene rings is 1. The predicted octanol–water partition coefficient (Wildman–Crippen LogP) is 2.60. The van der Waals surface area contributed by atoms with Crippen LogP contribution < -0.4 is 5.32 Å². The molecule has 20 heavy (non-hydrogen) atoms. The minimum atomic E-state index is -0.595. The van der Waals surface area contributed by atoms with Crippen molar-refractivity contribution in [2.24, 2.45) is 0 Å². The number of anilines is 1. The first-order valence-electron chi connectivity index (χ1n) is 6.74. The van der Waals surface area contributed by atoms with Crippen LogP contribution in [-0.4, -0.2) is 38.3 Å². The number of amides is 2. The van der Waals surface area contributed by atoms with Crippen molar-refractivity contribution in [3.05, 3.63) is 12.1 Å². The molecule has 1 saturated heterocycles. The van der Waals surface area contributed by atoms with Crippen molar-refractivity contribution in [3.8, 4) is 17.2 Å². The van der Waals surface area contributed by atoms with E-state index < -0.39 is 17.2 Å². The van der Waals surface area contributed by atoms with Crippen LogP contribution in [0.1, 0.15) is 33.1 Å². The van der Waals surface area contributed by atoms with Crippen molar-refractivity contribution in [3.63, 3.8) is 0 Å². The molecule has 1 aromatic carbocycles. The number of aromatic hydroxyl groups is 3. The topological polar surface area (TPSA) is 93.0 Å². The van der Waals surface area contributed by atoms with Crippen LogP contribution >= 0.6 is 0 Å². The smallest absolute Gasteiger partial charge is 0.322 e. The molecule has 1 aliphatic rings. The fourth-order valence-electron chi connectivity index (χ4n) is 2.69. The molecule has 1 aliphatic heterocycles. The highest BCUT2D eigenvalue weighted by Gasteiger charge is 2.29. The molecule has 0 aromatic heterocycles. The lowest BCUT2D eigenvalue weighted by atomic mass is 9.98. The Kier molecular flexibility index (Phi) is 3.92. The third kappa shape index (κ3) is 2.74. The van der Waals surface area contributed by atoms with E-state index in [9.17, 15) is 20.1 Å². The minimum Gasteiger partial charge on any atom is -0.504 e. The third-order valence-corrected chi connectivity index (χ3v) is 3.75. The van der Waals surface area contributed by atoms with Crippen LogP contribution in [-0.2, 0) is 0 Å². The standard InChI is InChI=1S/C14H20N2O4/c1-8-4-3-5-9(2)16(8)14(20)15-10-6-11(17)13(19)12(18)7-10/h6-9,17-19H,3-5H2,1-2H3,(H,15,20). The van der Waals surface area contributed by atoms with Gasteiger partial charge >= 0.3 is 6.03 Å². The van der Waals surface area contributed by atoms with Crippen LogP contribution in [0.2, 0.25) is 0 Å². The zero-order chi connectivity index (χ0) is 14.9. The molecule has 4 N–H and O–H groups in total. The van der Waals surface area contributed by atoms with Gasteiger partial charge in [-0.1, -0.05) is 0 Å². The first-order chi connectivity index (χ1) is 9.40. The van der Waals surface area contributed by atoms with Crippen LogP contribution in [0.15, 0.2) is 12.1 Å². The van der Waals surface area contributed by atoms with Gasteiger partial charge in [0.1, 0.15) is 0 Å². The maximum absolute atomic E-state index is 12.3. The van der Waals surface area contributed by atoms with Crippen molar-refractivity contribution < 1.29 is 20.1 Å². The van der Waals surface area contributed by atoms with E-state index in [-0.39, 0.29) is 23.8 Å². The van der Waals surface area contributed by atoms with Crippen LogP contribution in [0, 0.1) is 0 Å². The Hall–Kier alpha value is -2.11. The van der Waals surface area contributed by atoms with Crippen molar-refractivity contribution in [1.82, 2.24) is 4.90 Å². The highest BCUT2D eigenvalue weighted by atomic mass is 16.3. The van der Waals surface area contributed by atoms with Gasteiger partial charge in [-0.15, -0.1) is 0 Å². The van der Waals surface area contributed by atoms with Gasteiger partial charge in [-0.2, -0.15) is 0 Å². The molecule has 0 spiro atoms. The Bertz CT molecular complexity index is 485. The third-order valence-electron chi connectivity index (χ3n) is 3.75. The number of nitrogens with one attached hydrogen (secondary N) is 1. The summed E-state index contributed by atoms with van der Waals surface area (Å²) in [6, 6.07) is 2.43. The van der Waals surface area contributed by atoms with Crippen LogP contribution in [0.25, 0.3) is 0 Å². The van der Waals surface area contributed by atoms with Gasteiger partial charge in [0.2, 0.25) is 0 Å². The van der Waals surface area contributed by atoms with E-state index in [1.54, 1.807) is 4.90 Å². The zero-order valence-electron chi connectivity index (χ0n) is 11.6. The van der Waals surface area contributed by atoms with E-state index >= 15 is 0 Å². The van der Waals surface area contributed by atoms with E-state index in [0.29, 0.717) is 0 Å². The Morgan fingerprint density at radius 2 is 1.65 bits per heavy atom. The molecule has 2 atom stereocenters. The molecule has 2 amide bonds. The summed E-state index contributed by atoms with van der Waals surface area (Å²) in [6.45, 7) is 4.00. The second-order valence-corrected chi connectivity index (χ2v) is 5.33. The maximum Gasteiger partial charge on any atom is 0.322 e. The van der Waals surface area contributed by atoms with Crippen molar-refractivity contribution in [1.29, 1.82) is 0 Å². The highest BCUT2D eigenvalue weighted by Crippen LogP contribution is 2.37. The van der Waals surface area contributed by atoms with Gasteiger partial charge in [-0.25, -0.2) is 4.79 Å². The summed E-state index contributed by atoms with van der Waals surface area (Å²) in [5.41, 5.74) is 0.243. The van der Waals surface area contributed by atoms with E-state index in [2.05, 4.69) is 5.32 Å². The van der Waals surface area contributed by atoms with Gasteiger partial charge in [-0.3, -0.25) is 0 Å². The predicted molar refractivity (Wildman–Crippen MR) is 75.1 cm³/mol. The highest BCUT2D eigenvalue weighted by molar-refractivity contribution is 5.90. The molecule has 2 unspecified atom stereocenters. The molecule has 1 heterocycles. The SMILES string of the molecule is CC1CCCC(C)N1C(=O)Nc1cc(O)c(O)c(O)c1. The van der Waals surface area contributed by atoms with E-state index in [1.807, 2.05) is 13.8 Å². The lowest BCUT2D eigenvalue weighted by Crippen LogP contribution is -2.49. The number of hydrogen-bond acceptors (Lipinski definition) is 4. The van der Waals surface area contributed by atoms with Crippen molar-refractivity contribution >= 4 is 11.7 Å². The monoisotopic (exact) mass is 280 g/mol. The Morgan fingerprint density at radius 3 is 2.15 bits per heavy atom. The number of carbonyl (C=O) groups excluding carboxylic acids is 1. The summed E-state index contributed by atoms with van der Waals surface area (Å²) in [4.78, 5) is 14.1. The van der Waals surface area contributed by atoms with Crippen LogP contribution in [0.4, 0.5) is 10.5 Å². The minimum absolute atomic E-state index is 0.151. The molecule has 6 heteroatoms. The molecular formula is C14H20N2O4. The quantitative estimate of drug-likeness (QED) is 0.470. The summed E-state index contributed by atoms with van der Waals surface area (Å²) in [5, 5.41) is 30.8. The first-order valence-corrected chi connectivity index (χ1v) is 6.74. The second-order valence-electron chi connectivity index (χ2n) is 5.33. The molecule has 0 aliphatic carbocycles. The Labute approximate surface area is 117 Å². The number of rotatable bonds is 1. The van der Waals surface area contributed by atoms with Gasteiger partial charge in [0.25, 0.3) is 0 Å². The summed E-state index contributed by atoms with van der Waals surface area (Å²) in [7, 11) is 0. The summed E-state index contributed by atoms with van der Waals surface area (Å²) in [5.74, 6) is -1.54. The number of nitrogens with zero attached hydrogens (tertiary/aromatic N) is 1. The first kappa shape index (κ1) is 14.3. The largest absolute Gasteiger partial charge is 0.504 e. The van der Waals surface area contributed by atoms with Gasteiger partial charge in [0, 0.05) is 24.2 Å². The molecule has 0 bridgehead atoms. The van der Waals surface area contributed by atoms with Crippen LogP contribution in [0.5, 0.6) is 17.2 Å². The van der Waals surface area contributed by atoms with Gasteiger partial charge in [0.15, 0.2) is 17.2 Å². The summed E-state index contributed by atoms with van der Waals surface area (Å²) in [6.07, 6.45) is 3.03. The summed E-state index contributed by atoms with van der Waals surface area (Å²) >= 11 is 0. The van der Waals surface area contributed by atoms with Gasteiger partial charge in [0.05, 0.1) is 5.69 Å². The van der Waals surface area contributed by atoms with Crippen LogP contribution in [0.3, 0.4) is 0 Å². The molecule has 6 nitrogen and oxygen atoms in total. The lowest BCUT2D eigenvalue weighted by molar-refractivity contribution is 0.133. The molecule has 0 radical (unpaired) electrons. The number of urea groups is 1. The molecule has 0 saturated carbocycles. The van der Waals surface area contributed by atoms with Crippen molar-refractivity contribution in [2.45, 2.75) is 45.2 Å². The fourth-order valence-corrected chi connectivity index (χ4v) is 2.69. The summed E-state index contributed by atoms with van der Waals surface area (Å²) < 4.78 is 0. The van der Waals surface area contributed by atoms with E-state index in [4.69, 9.17) is 0 Å². The Morgan fingerprint density at radius 1 is 1.15 bits per heavy atom. The fraction of sp³-hybridized carbons (Fsp3) is 0.500. The average Bonchev–Trinajstić information content (AvgIpc) is 2.35. The second kappa shape index (κ2) is 5.48. The lowest BCUT2D eigenvalue weighted by Gasteiger charge is -2.38. The number of piperidine rings is 1. The Balaban J connectivity index is 2.15. The number of phenolic OH excluding ortho intramolecular Hbond substituents is 3. The number of likely N-dealkylation sites (tertiary alicyclic amines) is 1. The molecule has 1 aromatic rings. The zero-order valence-corrected chi connectivity index (χ0v) is 11.6. The van der Waals surface area contributed by atoms with Gasteiger partial charge in [-0.05, 0) is 33.1 Å². The molecule has 2 rings (SSSR count). The van der Waals surface area contributed by atoms with Crippen molar-refractivity contribution in [2.75, 3.05) is 5.32 Å². The van der Waals surface area contributed by atoms with E-state index in [1.165, 1.54) is 12.1 Å². The maximum atomic E-state index is 12.3. The van der Waals surface area contributed by atoms with E-state index in [0.717, 1.165) is 19.3 Å². The number of carbonyl (C=O) groups is 1. The van der Waals surface area contributed by atoms with Gasteiger partial charge < -0.3 is 25.5 Å². The molecule has 1 fully saturated rings. The normalized spacial score (nSPS) is 22.6. The molecule has 110 valence electrons.